The molecule has 0 aliphatic rings. The largest absolute Gasteiger partial charge is 0.399 e. The fourth-order valence-corrected chi connectivity index (χ4v) is 1.42. The first-order chi connectivity index (χ1) is 7.66. The maximum Gasteiger partial charge on any atom is 0.260 e. The molecule has 8 heteroatoms. The molecule has 6 nitrogen and oxygen atoms in total. The van der Waals surface area contributed by atoms with Crippen molar-refractivity contribution in [1.82, 2.24) is 14.8 Å². The Balaban J connectivity index is 2.24. The molecule has 0 unspecified atom stereocenters. The Labute approximate surface area is 93.4 Å². The molecule has 1 heterocycles. The van der Waals surface area contributed by atoms with Gasteiger partial charge in [-0.3, -0.25) is 10.1 Å². The third-order valence-corrected chi connectivity index (χ3v) is 2.27. The van der Waals surface area contributed by atoms with Crippen LogP contribution >= 0.6 is 11.5 Å². The second-order valence-corrected chi connectivity index (χ2v) is 3.59. The highest BCUT2D eigenvalue weighted by Crippen LogP contribution is 2.14. The number of carbonyl (C=O) groups is 1. The van der Waals surface area contributed by atoms with Crippen molar-refractivity contribution in [1.29, 1.82) is 0 Å². The van der Waals surface area contributed by atoms with Crippen LogP contribution in [-0.2, 0) is 0 Å². The van der Waals surface area contributed by atoms with Gasteiger partial charge in [-0.05, 0) is 23.4 Å². The van der Waals surface area contributed by atoms with E-state index in [4.69, 9.17) is 5.73 Å². The molecular formula is C8H6FN5OS. The molecule has 3 N–H and O–H groups in total. The summed E-state index contributed by atoms with van der Waals surface area (Å²) < 4.78 is 16.7. The summed E-state index contributed by atoms with van der Waals surface area (Å²) in [6, 6.07) is 3.75. The lowest BCUT2D eigenvalue weighted by molar-refractivity contribution is 0.102. The Morgan fingerprint density at radius 1 is 1.50 bits per heavy atom. The zero-order chi connectivity index (χ0) is 11.5. The molecule has 1 aromatic heterocycles. The van der Waals surface area contributed by atoms with E-state index >= 15 is 0 Å². The first-order valence-electron chi connectivity index (χ1n) is 4.18. The van der Waals surface area contributed by atoms with Gasteiger partial charge in [0.25, 0.3) is 5.91 Å². The number of benzene rings is 1. The predicted molar refractivity (Wildman–Crippen MR) is 56.5 cm³/mol. The third kappa shape index (κ3) is 2.11. The summed E-state index contributed by atoms with van der Waals surface area (Å²) in [5.41, 5.74) is 5.62. The summed E-state index contributed by atoms with van der Waals surface area (Å²) >= 11 is 0.898. The number of nitrogens with one attached hydrogen (secondary N) is 1. The van der Waals surface area contributed by atoms with E-state index in [0.29, 0.717) is 5.69 Å². The van der Waals surface area contributed by atoms with Crippen LogP contribution in [0.1, 0.15) is 10.4 Å². The standard InChI is InChI=1S/C8H6FN5OS/c9-6-2-1-4(10)3-5(6)7(15)11-8-12-13-14-16-8/h1-3H,10H2,(H,11,12,14,15). The quantitative estimate of drug-likeness (QED) is 0.759. The number of amides is 1. The Bertz CT molecular complexity index is 515. The normalized spacial score (nSPS) is 10.1. The molecule has 16 heavy (non-hydrogen) atoms. The van der Waals surface area contributed by atoms with Gasteiger partial charge in [0, 0.05) is 17.2 Å². The molecule has 0 aliphatic heterocycles. The number of nitrogens with two attached hydrogens (primary N) is 1. The highest BCUT2D eigenvalue weighted by Gasteiger charge is 2.13. The Morgan fingerprint density at radius 3 is 3.00 bits per heavy atom. The van der Waals surface area contributed by atoms with Crippen molar-refractivity contribution in [3.05, 3.63) is 29.6 Å². The van der Waals surface area contributed by atoms with E-state index in [2.05, 4.69) is 20.1 Å². The molecule has 0 saturated carbocycles. The minimum atomic E-state index is -0.649. The molecule has 0 saturated heterocycles. The number of carbonyl (C=O) groups excluding carboxylic acids is 1. The zero-order valence-electron chi connectivity index (χ0n) is 7.85. The van der Waals surface area contributed by atoms with E-state index < -0.39 is 11.7 Å². The van der Waals surface area contributed by atoms with Crippen molar-refractivity contribution in [3.8, 4) is 0 Å². The van der Waals surface area contributed by atoms with Crippen molar-refractivity contribution in [2.24, 2.45) is 0 Å². The number of hydrogen-bond acceptors (Lipinski definition) is 6. The van der Waals surface area contributed by atoms with Crippen LogP contribution in [0.5, 0.6) is 0 Å². The lowest BCUT2D eigenvalue weighted by Gasteiger charge is -2.03. The summed E-state index contributed by atoms with van der Waals surface area (Å²) in [5.74, 6) is -1.28. The van der Waals surface area contributed by atoms with Gasteiger partial charge in [0.05, 0.1) is 5.56 Å². The van der Waals surface area contributed by atoms with Gasteiger partial charge in [-0.2, -0.15) is 0 Å². The van der Waals surface area contributed by atoms with E-state index in [0.717, 1.165) is 17.6 Å². The summed E-state index contributed by atoms with van der Waals surface area (Å²) in [4.78, 5) is 11.6. The first-order valence-corrected chi connectivity index (χ1v) is 4.95. The van der Waals surface area contributed by atoms with Gasteiger partial charge in [-0.1, -0.05) is 9.59 Å². The Morgan fingerprint density at radius 2 is 2.31 bits per heavy atom. The molecule has 2 aromatic rings. The van der Waals surface area contributed by atoms with Gasteiger partial charge in [0.2, 0.25) is 5.13 Å². The average molecular weight is 239 g/mol. The van der Waals surface area contributed by atoms with E-state index in [-0.39, 0.29) is 10.7 Å². The number of hydrogen-bond donors (Lipinski definition) is 2. The molecule has 0 aliphatic carbocycles. The van der Waals surface area contributed by atoms with Crippen LogP contribution in [0.25, 0.3) is 0 Å². The topological polar surface area (TPSA) is 93.8 Å². The molecule has 0 fully saturated rings. The molecule has 0 atom stereocenters. The first kappa shape index (κ1) is 10.4. The zero-order valence-corrected chi connectivity index (χ0v) is 8.66. The van der Waals surface area contributed by atoms with Crippen molar-refractivity contribution in [3.63, 3.8) is 0 Å². The molecule has 0 radical (unpaired) electrons. The van der Waals surface area contributed by atoms with Crippen LogP contribution in [0.3, 0.4) is 0 Å². The molecule has 1 amide bonds. The Hall–Kier alpha value is -2.09. The number of rotatable bonds is 2. The average Bonchev–Trinajstić information content (AvgIpc) is 2.74. The third-order valence-electron chi connectivity index (χ3n) is 1.75. The summed E-state index contributed by atoms with van der Waals surface area (Å²) in [6.07, 6.45) is 0. The SMILES string of the molecule is Nc1ccc(F)c(C(=O)Nc2nnns2)c1. The monoisotopic (exact) mass is 239 g/mol. The highest BCUT2D eigenvalue weighted by molar-refractivity contribution is 7.09. The molecule has 1 aromatic carbocycles. The smallest absolute Gasteiger partial charge is 0.260 e. The van der Waals surface area contributed by atoms with Crippen LogP contribution in [-0.4, -0.2) is 20.7 Å². The highest BCUT2D eigenvalue weighted by atomic mass is 32.1. The second kappa shape index (κ2) is 4.19. The van der Waals surface area contributed by atoms with E-state index in [1.165, 1.54) is 12.1 Å². The number of anilines is 2. The van der Waals surface area contributed by atoms with E-state index in [1.807, 2.05) is 0 Å². The van der Waals surface area contributed by atoms with Crippen molar-refractivity contribution >= 4 is 28.3 Å². The van der Waals surface area contributed by atoms with Crippen molar-refractivity contribution in [2.45, 2.75) is 0 Å². The van der Waals surface area contributed by atoms with Crippen LogP contribution < -0.4 is 11.1 Å². The molecule has 0 spiro atoms. The number of nitrogen functional groups attached to an aromatic ring is 1. The van der Waals surface area contributed by atoms with E-state index in [9.17, 15) is 9.18 Å². The number of nitrogens with zero attached hydrogens (tertiary/aromatic N) is 3. The van der Waals surface area contributed by atoms with Gasteiger partial charge in [-0.15, -0.1) is 0 Å². The van der Waals surface area contributed by atoms with Gasteiger partial charge in [-0.25, -0.2) is 4.39 Å². The van der Waals surface area contributed by atoms with Crippen LogP contribution in [0.2, 0.25) is 0 Å². The maximum absolute atomic E-state index is 13.3. The van der Waals surface area contributed by atoms with Crippen molar-refractivity contribution in [2.75, 3.05) is 11.1 Å². The van der Waals surface area contributed by atoms with Gasteiger partial charge in [0.1, 0.15) is 5.82 Å². The minimum absolute atomic E-state index is 0.143. The predicted octanol–water partition coefficient (Wildman–Crippen LogP) is 0.907. The Kier molecular flexibility index (Phi) is 2.73. The maximum atomic E-state index is 13.3. The number of halogens is 1. The molecular weight excluding hydrogens is 233 g/mol. The lowest BCUT2D eigenvalue weighted by Crippen LogP contribution is -2.14. The molecule has 2 rings (SSSR count). The van der Waals surface area contributed by atoms with Gasteiger partial charge >= 0.3 is 0 Å². The lowest BCUT2D eigenvalue weighted by atomic mass is 10.2. The van der Waals surface area contributed by atoms with Crippen LogP contribution in [0, 0.1) is 5.82 Å². The fourth-order valence-electron chi connectivity index (χ4n) is 1.06. The second-order valence-electron chi connectivity index (χ2n) is 2.86. The van der Waals surface area contributed by atoms with Crippen LogP contribution in [0.15, 0.2) is 18.2 Å². The molecule has 82 valence electrons. The summed E-state index contributed by atoms with van der Waals surface area (Å²) in [5, 5.41) is 9.35. The summed E-state index contributed by atoms with van der Waals surface area (Å²) in [6.45, 7) is 0. The molecule has 0 bridgehead atoms. The van der Waals surface area contributed by atoms with Crippen LogP contribution in [0.4, 0.5) is 15.2 Å². The minimum Gasteiger partial charge on any atom is -0.399 e. The van der Waals surface area contributed by atoms with E-state index in [1.54, 1.807) is 0 Å². The number of aromatic nitrogens is 3. The van der Waals surface area contributed by atoms with Gasteiger partial charge in [0.15, 0.2) is 0 Å². The van der Waals surface area contributed by atoms with Gasteiger partial charge < -0.3 is 5.73 Å². The summed E-state index contributed by atoms with van der Waals surface area (Å²) in [7, 11) is 0. The fraction of sp³-hybridized carbons (Fsp3) is 0. The van der Waals surface area contributed by atoms with Crippen molar-refractivity contribution < 1.29 is 9.18 Å².